The first-order valence-electron chi connectivity index (χ1n) is 9.55. The number of imide groups is 1. The summed E-state index contributed by atoms with van der Waals surface area (Å²) in [5.74, 6) is -0.534. The Morgan fingerprint density at radius 2 is 1.79 bits per heavy atom. The van der Waals surface area contributed by atoms with Crippen molar-refractivity contribution in [3.8, 4) is 0 Å². The van der Waals surface area contributed by atoms with Crippen molar-refractivity contribution in [2.24, 2.45) is 0 Å². The summed E-state index contributed by atoms with van der Waals surface area (Å²) in [6, 6.07) is 1.90. The van der Waals surface area contributed by atoms with Gasteiger partial charge in [0.2, 0.25) is 17.7 Å². The van der Waals surface area contributed by atoms with Gasteiger partial charge in [-0.1, -0.05) is 0 Å². The molecule has 2 saturated heterocycles. The maximum Gasteiger partial charge on any atom is 0.275 e. The number of carbonyl (C=O) groups excluding carboxylic acids is 3. The number of nitrogens with zero attached hydrogens (tertiary/aromatic N) is 4. The van der Waals surface area contributed by atoms with Crippen LogP contribution in [-0.4, -0.2) is 61.8 Å². The lowest BCUT2D eigenvalue weighted by Gasteiger charge is -2.32. The van der Waals surface area contributed by atoms with Crippen molar-refractivity contribution < 1.29 is 14.4 Å². The average Bonchev–Trinajstić information content (AvgIpc) is 3.25. The third-order valence-corrected chi connectivity index (χ3v) is 5.84. The minimum Gasteiger partial charge on any atom is -0.341 e. The van der Waals surface area contributed by atoms with E-state index in [0.717, 1.165) is 29.1 Å². The molecule has 0 unspecified atom stereocenters. The van der Waals surface area contributed by atoms with E-state index in [1.54, 1.807) is 11.8 Å². The number of hydrogen-bond donors (Lipinski definition) is 1. The Morgan fingerprint density at radius 1 is 1.14 bits per heavy atom. The van der Waals surface area contributed by atoms with Crippen molar-refractivity contribution in [1.29, 1.82) is 0 Å². The molecule has 1 N–H and O–H groups in total. The van der Waals surface area contributed by atoms with Crippen molar-refractivity contribution in [2.45, 2.75) is 45.4 Å². The maximum absolute atomic E-state index is 12.5. The molecule has 0 aliphatic carbocycles. The Balaban J connectivity index is 1.43. The first kappa shape index (κ1) is 18.4. The molecule has 0 saturated carbocycles. The van der Waals surface area contributed by atoms with Crippen molar-refractivity contribution in [3.63, 3.8) is 0 Å². The highest BCUT2D eigenvalue weighted by Crippen LogP contribution is 2.27. The van der Waals surface area contributed by atoms with Crippen LogP contribution in [0.1, 0.15) is 48.6 Å². The van der Waals surface area contributed by atoms with Crippen LogP contribution in [0.2, 0.25) is 0 Å². The van der Waals surface area contributed by atoms with E-state index in [2.05, 4.69) is 10.1 Å². The number of carbonyl (C=O) groups is 3. The predicted molar refractivity (Wildman–Crippen MR) is 99.8 cm³/mol. The lowest BCUT2D eigenvalue weighted by Crippen LogP contribution is -2.45. The van der Waals surface area contributed by atoms with Crippen LogP contribution in [0.15, 0.2) is 10.9 Å². The normalized spacial score (nSPS) is 18.5. The van der Waals surface area contributed by atoms with Gasteiger partial charge >= 0.3 is 0 Å². The highest BCUT2D eigenvalue weighted by Gasteiger charge is 2.33. The standard InChI is InChI=1S/C19H23N5O4/c1-11-12(2)20-15-9-14(21-24(15)19(11)28)13-5-7-22(8-6-13)18(27)10-23-16(25)3-4-17(23)26/h9,13,21H,3-8,10H2,1-2H3. The highest BCUT2D eigenvalue weighted by molar-refractivity contribution is 6.04. The minimum absolute atomic E-state index is 0.0960. The largest absolute Gasteiger partial charge is 0.341 e. The van der Waals surface area contributed by atoms with Gasteiger partial charge in [-0.25, -0.2) is 9.50 Å². The van der Waals surface area contributed by atoms with Gasteiger partial charge in [0.05, 0.1) is 0 Å². The summed E-state index contributed by atoms with van der Waals surface area (Å²) in [7, 11) is 0. The number of aromatic amines is 1. The zero-order chi connectivity index (χ0) is 20.0. The number of amides is 3. The zero-order valence-corrected chi connectivity index (χ0v) is 16.0. The third-order valence-electron chi connectivity index (χ3n) is 5.84. The molecule has 2 aromatic heterocycles. The van der Waals surface area contributed by atoms with E-state index in [1.165, 1.54) is 4.52 Å². The molecule has 2 aromatic rings. The molecule has 0 bridgehead atoms. The molecule has 0 atom stereocenters. The van der Waals surface area contributed by atoms with Gasteiger partial charge < -0.3 is 4.90 Å². The van der Waals surface area contributed by atoms with Crippen molar-refractivity contribution in [2.75, 3.05) is 19.6 Å². The zero-order valence-electron chi connectivity index (χ0n) is 16.0. The van der Waals surface area contributed by atoms with E-state index in [-0.39, 0.29) is 48.6 Å². The molecule has 0 aromatic carbocycles. The molecule has 4 heterocycles. The van der Waals surface area contributed by atoms with E-state index >= 15 is 0 Å². The van der Waals surface area contributed by atoms with Gasteiger partial charge in [0.15, 0.2) is 5.65 Å². The fourth-order valence-electron chi connectivity index (χ4n) is 3.92. The van der Waals surface area contributed by atoms with Crippen molar-refractivity contribution in [1.82, 2.24) is 24.4 Å². The number of H-pyrrole nitrogens is 1. The number of rotatable bonds is 3. The minimum atomic E-state index is -0.269. The molecule has 2 aliphatic heterocycles. The quantitative estimate of drug-likeness (QED) is 0.774. The Bertz CT molecular complexity index is 1010. The van der Waals surface area contributed by atoms with E-state index in [1.807, 2.05) is 13.0 Å². The van der Waals surface area contributed by atoms with Crippen LogP contribution in [0.25, 0.3) is 5.65 Å². The van der Waals surface area contributed by atoms with E-state index in [0.29, 0.717) is 24.3 Å². The van der Waals surface area contributed by atoms with Crippen molar-refractivity contribution in [3.05, 3.63) is 33.4 Å². The fraction of sp³-hybridized carbons (Fsp3) is 0.526. The smallest absolute Gasteiger partial charge is 0.275 e. The van der Waals surface area contributed by atoms with Crippen LogP contribution in [0.3, 0.4) is 0 Å². The second-order valence-corrected chi connectivity index (χ2v) is 7.56. The molecule has 4 rings (SSSR count). The van der Waals surface area contributed by atoms with Gasteiger partial charge in [0.1, 0.15) is 6.54 Å². The number of likely N-dealkylation sites (tertiary alicyclic amines) is 2. The summed E-state index contributed by atoms with van der Waals surface area (Å²) < 4.78 is 1.47. The average molecular weight is 385 g/mol. The lowest BCUT2D eigenvalue weighted by molar-refractivity contribution is -0.145. The predicted octanol–water partition coefficient (Wildman–Crippen LogP) is 0.494. The number of piperidine rings is 1. The van der Waals surface area contributed by atoms with Crippen LogP contribution >= 0.6 is 0 Å². The molecule has 2 fully saturated rings. The van der Waals surface area contributed by atoms with Gasteiger partial charge in [-0.2, -0.15) is 0 Å². The van der Waals surface area contributed by atoms with Crippen LogP contribution in [0.5, 0.6) is 0 Å². The SMILES string of the molecule is Cc1nc2cc(C3CCN(C(=O)CN4C(=O)CCC4=O)CC3)[nH]n2c(=O)c1C. The number of fused-ring (bicyclic) bond motifs is 1. The Kier molecular flexibility index (Phi) is 4.52. The monoisotopic (exact) mass is 385 g/mol. The number of nitrogens with one attached hydrogen (secondary N) is 1. The molecule has 28 heavy (non-hydrogen) atoms. The summed E-state index contributed by atoms with van der Waals surface area (Å²) in [4.78, 5) is 55.5. The third kappa shape index (κ3) is 3.10. The number of aryl methyl sites for hydroxylation is 1. The molecule has 3 amide bonds. The summed E-state index contributed by atoms with van der Waals surface area (Å²) in [5.41, 5.74) is 2.79. The van der Waals surface area contributed by atoms with Crippen LogP contribution in [-0.2, 0) is 14.4 Å². The molecule has 148 valence electrons. The summed E-state index contributed by atoms with van der Waals surface area (Å²) in [6.45, 7) is 4.53. The van der Waals surface area contributed by atoms with Gasteiger partial charge in [-0.3, -0.25) is 29.2 Å². The first-order valence-corrected chi connectivity index (χ1v) is 9.55. The fourth-order valence-corrected chi connectivity index (χ4v) is 3.92. The van der Waals surface area contributed by atoms with E-state index in [9.17, 15) is 19.2 Å². The van der Waals surface area contributed by atoms with Crippen LogP contribution < -0.4 is 5.56 Å². The van der Waals surface area contributed by atoms with Gasteiger partial charge in [0, 0.05) is 54.9 Å². The first-order chi connectivity index (χ1) is 13.3. The van der Waals surface area contributed by atoms with Crippen LogP contribution in [0.4, 0.5) is 0 Å². The second-order valence-electron chi connectivity index (χ2n) is 7.56. The molecular formula is C19H23N5O4. The topological polar surface area (TPSA) is 108 Å². The van der Waals surface area contributed by atoms with Crippen molar-refractivity contribution >= 4 is 23.4 Å². The number of hydrogen-bond acceptors (Lipinski definition) is 5. The van der Waals surface area contributed by atoms with Gasteiger partial charge in [-0.05, 0) is 26.7 Å². The van der Waals surface area contributed by atoms with Gasteiger partial charge in [0.25, 0.3) is 5.56 Å². The van der Waals surface area contributed by atoms with Crippen LogP contribution in [0, 0.1) is 13.8 Å². The Morgan fingerprint density at radius 3 is 2.43 bits per heavy atom. The second kappa shape index (κ2) is 6.88. The Hall–Kier alpha value is -2.97. The molecule has 0 radical (unpaired) electrons. The molecular weight excluding hydrogens is 362 g/mol. The van der Waals surface area contributed by atoms with E-state index in [4.69, 9.17) is 0 Å². The maximum atomic E-state index is 12.5. The lowest BCUT2D eigenvalue weighted by atomic mass is 9.93. The van der Waals surface area contributed by atoms with E-state index < -0.39 is 0 Å². The summed E-state index contributed by atoms with van der Waals surface area (Å²) in [5, 5.41) is 3.16. The molecule has 9 nitrogen and oxygen atoms in total. The summed E-state index contributed by atoms with van der Waals surface area (Å²) in [6.07, 6.45) is 1.88. The molecule has 0 spiro atoms. The molecule has 2 aliphatic rings. The molecule has 9 heteroatoms. The highest BCUT2D eigenvalue weighted by atomic mass is 16.2. The summed E-state index contributed by atoms with van der Waals surface area (Å²) >= 11 is 0. The van der Waals surface area contributed by atoms with Gasteiger partial charge in [-0.15, -0.1) is 0 Å². The number of aromatic nitrogens is 3. The Labute approximate surface area is 161 Å².